The van der Waals surface area contributed by atoms with Gasteiger partial charge in [-0.25, -0.2) is 13.1 Å². The van der Waals surface area contributed by atoms with E-state index in [9.17, 15) is 18.5 Å². The van der Waals surface area contributed by atoms with Crippen molar-refractivity contribution < 1.29 is 13.3 Å². The first kappa shape index (κ1) is 15.4. The number of benzene rings is 1. The van der Waals surface area contributed by atoms with Gasteiger partial charge in [0.05, 0.1) is 4.92 Å². The van der Waals surface area contributed by atoms with Crippen molar-refractivity contribution in [1.29, 1.82) is 0 Å². The smallest absolute Gasteiger partial charge is 0.313 e. The summed E-state index contributed by atoms with van der Waals surface area (Å²) in [5.74, 6) is 5.18. The highest BCUT2D eigenvalue weighted by molar-refractivity contribution is 7.89. The summed E-state index contributed by atoms with van der Waals surface area (Å²) in [6.45, 7) is 0.0669. The fourth-order valence-corrected chi connectivity index (χ4v) is 3.63. The number of nitro groups is 1. The van der Waals surface area contributed by atoms with Crippen LogP contribution in [-0.4, -0.2) is 13.3 Å². The predicted octanol–water partition coefficient (Wildman–Crippen LogP) is 1.42. The molecular formula is C11H12N4O4S2. The molecule has 0 spiro atoms. The van der Waals surface area contributed by atoms with Crippen molar-refractivity contribution in [3.63, 3.8) is 0 Å². The Balaban J connectivity index is 2.37. The van der Waals surface area contributed by atoms with Crippen molar-refractivity contribution in [2.24, 2.45) is 5.84 Å². The average molecular weight is 328 g/mol. The Hall–Kier alpha value is -2.01. The SMILES string of the molecule is NNc1cccc(S(=O)(=O)NCc2cccs2)c1[N+](=O)[O-]. The Labute approximate surface area is 124 Å². The number of nitrogen functional groups attached to an aromatic ring is 1. The normalized spacial score (nSPS) is 11.3. The van der Waals surface area contributed by atoms with Crippen LogP contribution in [0.2, 0.25) is 0 Å². The van der Waals surface area contributed by atoms with Gasteiger partial charge in [-0.3, -0.25) is 16.0 Å². The van der Waals surface area contributed by atoms with E-state index in [1.807, 2.05) is 5.38 Å². The van der Waals surface area contributed by atoms with Crippen molar-refractivity contribution in [3.05, 3.63) is 50.7 Å². The first-order valence-electron chi connectivity index (χ1n) is 5.72. The van der Waals surface area contributed by atoms with E-state index >= 15 is 0 Å². The van der Waals surface area contributed by atoms with Crippen LogP contribution in [0.4, 0.5) is 11.4 Å². The molecule has 0 aliphatic heterocycles. The number of anilines is 1. The first-order valence-corrected chi connectivity index (χ1v) is 8.08. The summed E-state index contributed by atoms with van der Waals surface area (Å²) < 4.78 is 26.8. The zero-order chi connectivity index (χ0) is 15.5. The Bertz CT molecular complexity index is 744. The third-order valence-electron chi connectivity index (χ3n) is 2.64. The molecule has 0 amide bonds. The molecule has 2 rings (SSSR count). The van der Waals surface area contributed by atoms with Gasteiger partial charge in [-0.05, 0) is 23.6 Å². The van der Waals surface area contributed by atoms with E-state index in [4.69, 9.17) is 5.84 Å². The number of thiophene rings is 1. The molecule has 112 valence electrons. The monoisotopic (exact) mass is 328 g/mol. The quantitative estimate of drug-likeness (QED) is 0.418. The number of rotatable bonds is 6. The molecule has 10 heteroatoms. The molecule has 4 N–H and O–H groups in total. The summed E-state index contributed by atoms with van der Waals surface area (Å²) >= 11 is 1.38. The van der Waals surface area contributed by atoms with Gasteiger partial charge in [-0.15, -0.1) is 11.3 Å². The highest BCUT2D eigenvalue weighted by atomic mass is 32.2. The molecule has 1 aromatic carbocycles. The van der Waals surface area contributed by atoms with Crippen molar-refractivity contribution in [2.45, 2.75) is 11.4 Å². The van der Waals surface area contributed by atoms with Crippen molar-refractivity contribution >= 4 is 32.7 Å². The van der Waals surface area contributed by atoms with Crippen LogP contribution in [0.3, 0.4) is 0 Å². The van der Waals surface area contributed by atoms with Crippen LogP contribution in [0.5, 0.6) is 0 Å². The minimum absolute atomic E-state index is 0.0669. The van der Waals surface area contributed by atoms with Crippen LogP contribution in [0, 0.1) is 10.1 Å². The topological polar surface area (TPSA) is 127 Å². The first-order chi connectivity index (χ1) is 9.95. The van der Waals surface area contributed by atoms with Gasteiger partial charge >= 0.3 is 5.69 Å². The van der Waals surface area contributed by atoms with Gasteiger partial charge in [0.25, 0.3) is 0 Å². The number of nitro benzene ring substituents is 1. The molecule has 0 radical (unpaired) electrons. The van der Waals surface area contributed by atoms with Crippen LogP contribution in [-0.2, 0) is 16.6 Å². The lowest BCUT2D eigenvalue weighted by Gasteiger charge is -2.09. The number of nitrogens with two attached hydrogens (primary N) is 1. The van der Waals surface area contributed by atoms with Gasteiger partial charge in [0, 0.05) is 11.4 Å². The number of para-hydroxylation sites is 1. The highest BCUT2D eigenvalue weighted by Crippen LogP contribution is 2.31. The van der Waals surface area contributed by atoms with E-state index in [2.05, 4.69) is 10.1 Å². The predicted molar refractivity (Wildman–Crippen MR) is 79.3 cm³/mol. The van der Waals surface area contributed by atoms with Gasteiger partial charge in [-0.1, -0.05) is 12.1 Å². The van der Waals surface area contributed by atoms with E-state index in [0.29, 0.717) is 0 Å². The summed E-state index contributed by atoms with van der Waals surface area (Å²) in [6, 6.07) is 7.42. The number of sulfonamides is 1. The van der Waals surface area contributed by atoms with E-state index in [-0.39, 0.29) is 12.2 Å². The molecule has 0 fully saturated rings. The summed E-state index contributed by atoms with van der Waals surface area (Å²) in [6.07, 6.45) is 0. The zero-order valence-electron chi connectivity index (χ0n) is 10.6. The molecule has 1 aromatic heterocycles. The van der Waals surface area contributed by atoms with Crippen LogP contribution >= 0.6 is 11.3 Å². The van der Waals surface area contributed by atoms with Gasteiger partial charge in [0.1, 0.15) is 5.69 Å². The van der Waals surface area contributed by atoms with Crippen molar-refractivity contribution in [2.75, 3.05) is 5.43 Å². The third-order valence-corrected chi connectivity index (χ3v) is 4.95. The lowest BCUT2D eigenvalue weighted by molar-refractivity contribution is -0.386. The van der Waals surface area contributed by atoms with Crippen LogP contribution in [0.1, 0.15) is 4.88 Å². The molecule has 8 nitrogen and oxygen atoms in total. The maximum atomic E-state index is 12.2. The van der Waals surface area contributed by atoms with E-state index in [1.54, 1.807) is 12.1 Å². The molecule has 21 heavy (non-hydrogen) atoms. The molecule has 0 saturated heterocycles. The molecule has 0 aliphatic carbocycles. The zero-order valence-corrected chi connectivity index (χ0v) is 12.3. The summed E-state index contributed by atoms with van der Waals surface area (Å²) in [7, 11) is -4.03. The molecule has 0 unspecified atom stereocenters. The minimum atomic E-state index is -4.03. The Morgan fingerprint density at radius 2 is 2.05 bits per heavy atom. The summed E-state index contributed by atoms with van der Waals surface area (Å²) in [4.78, 5) is 10.7. The van der Waals surface area contributed by atoms with E-state index in [1.165, 1.54) is 23.5 Å². The highest BCUT2D eigenvalue weighted by Gasteiger charge is 2.28. The second kappa shape index (κ2) is 6.18. The largest absolute Gasteiger partial charge is 0.318 e. The standard InChI is InChI=1S/C11H12N4O4S2/c12-14-9-4-1-5-10(11(9)15(16)17)21(18,19)13-7-8-3-2-6-20-8/h1-6,13-14H,7,12H2. The Kier molecular flexibility index (Phi) is 4.53. The molecule has 0 aliphatic rings. The third kappa shape index (κ3) is 3.36. The van der Waals surface area contributed by atoms with E-state index < -0.39 is 25.5 Å². The Morgan fingerprint density at radius 1 is 1.29 bits per heavy atom. The van der Waals surface area contributed by atoms with Crippen molar-refractivity contribution in [1.82, 2.24) is 4.72 Å². The van der Waals surface area contributed by atoms with Crippen LogP contribution < -0.4 is 16.0 Å². The van der Waals surface area contributed by atoms with Crippen molar-refractivity contribution in [3.8, 4) is 0 Å². The lowest BCUT2D eigenvalue weighted by Crippen LogP contribution is -2.24. The number of hydrazine groups is 1. The number of hydrogen-bond donors (Lipinski definition) is 3. The number of nitrogens with one attached hydrogen (secondary N) is 2. The molecule has 1 heterocycles. The number of hydrogen-bond acceptors (Lipinski definition) is 7. The van der Waals surface area contributed by atoms with Crippen LogP contribution in [0.15, 0.2) is 40.6 Å². The maximum Gasteiger partial charge on any atom is 0.313 e. The molecule has 2 aromatic rings. The van der Waals surface area contributed by atoms with Gasteiger partial charge in [0.2, 0.25) is 10.0 Å². The maximum absolute atomic E-state index is 12.2. The fraction of sp³-hybridized carbons (Fsp3) is 0.0909. The Morgan fingerprint density at radius 3 is 2.62 bits per heavy atom. The molecule has 0 bridgehead atoms. The number of nitrogens with zero attached hydrogens (tertiary/aromatic N) is 1. The van der Waals surface area contributed by atoms with Gasteiger partial charge in [-0.2, -0.15) is 0 Å². The second-order valence-corrected chi connectivity index (χ2v) is 6.73. The second-order valence-electron chi connectivity index (χ2n) is 3.96. The average Bonchev–Trinajstić information content (AvgIpc) is 2.97. The molecule has 0 atom stereocenters. The minimum Gasteiger partial charge on any atom is -0.318 e. The van der Waals surface area contributed by atoms with Gasteiger partial charge in [0.15, 0.2) is 4.90 Å². The molecular weight excluding hydrogens is 316 g/mol. The van der Waals surface area contributed by atoms with E-state index in [0.717, 1.165) is 10.9 Å². The lowest BCUT2D eigenvalue weighted by atomic mass is 10.3. The van der Waals surface area contributed by atoms with Gasteiger partial charge < -0.3 is 5.43 Å². The summed E-state index contributed by atoms with van der Waals surface area (Å²) in [5.41, 5.74) is 1.47. The summed E-state index contributed by atoms with van der Waals surface area (Å²) in [5, 5.41) is 12.9. The van der Waals surface area contributed by atoms with Crippen LogP contribution in [0.25, 0.3) is 0 Å². The fourth-order valence-electron chi connectivity index (χ4n) is 1.70. The molecule has 0 saturated carbocycles.